The number of halogens is 2. The number of rotatable bonds is 36. The Balaban J connectivity index is -0.000000174. The summed E-state index contributed by atoms with van der Waals surface area (Å²) in [5.41, 5.74) is 3.98. The fourth-order valence-corrected chi connectivity index (χ4v) is 13.8. The molecule has 0 bridgehead atoms. The van der Waals surface area contributed by atoms with E-state index < -0.39 is 5.92 Å². The van der Waals surface area contributed by atoms with Crippen molar-refractivity contribution in [1.29, 1.82) is 0 Å². The van der Waals surface area contributed by atoms with Gasteiger partial charge in [0.2, 0.25) is 5.92 Å². The summed E-state index contributed by atoms with van der Waals surface area (Å²) in [4.78, 5) is 0. The summed E-state index contributed by atoms with van der Waals surface area (Å²) in [5, 5.41) is 0. The third-order valence-corrected chi connectivity index (χ3v) is 21.5. The normalized spacial score (nSPS) is 18.3. The summed E-state index contributed by atoms with van der Waals surface area (Å²) in [6.45, 7) is 55.2. The number of alkyl halides is 2. The third-order valence-electron chi connectivity index (χ3n) is 21.5. The van der Waals surface area contributed by atoms with Crippen molar-refractivity contribution in [1.82, 2.24) is 0 Å². The van der Waals surface area contributed by atoms with Gasteiger partial charge in [-0.2, -0.15) is 0 Å². The zero-order chi connectivity index (χ0) is 61.2. The molecular weight excluding hydrogens is 1060 g/mol. The lowest BCUT2D eigenvalue weighted by atomic mass is 9.85. The summed E-state index contributed by atoms with van der Waals surface area (Å²) in [7, 11) is 0. The molecule has 0 spiro atoms. The second kappa shape index (κ2) is 48.5. The molecule has 6 fully saturated rings. The van der Waals surface area contributed by atoms with Crippen molar-refractivity contribution in [3.63, 3.8) is 0 Å². The van der Waals surface area contributed by atoms with Crippen LogP contribution in [-0.4, -0.2) is 5.92 Å². The van der Waals surface area contributed by atoms with Gasteiger partial charge in [-0.25, -0.2) is 8.78 Å². The van der Waals surface area contributed by atoms with E-state index in [9.17, 15) is 8.78 Å². The van der Waals surface area contributed by atoms with Crippen molar-refractivity contribution in [3.05, 3.63) is 0 Å². The second-order valence-corrected chi connectivity index (χ2v) is 34.9. The first-order valence-corrected chi connectivity index (χ1v) is 36.4. The third kappa shape index (κ3) is 48.3. The quantitative estimate of drug-likeness (QED) is 0.0549. The van der Waals surface area contributed by atoms with Crippen LogP contribution in [0.1, 0.15) is 443 Å². The average Bonchev–Trinajstić information content (AvgIpc) is 4.09. The van der Waals surface area contributed by atoms with Crippen LogP contribution >= 0.6 is 0 Å². The van der Waals surface area contributed by atoms with E-state index >= 15 is 0 Å². The first-order chi connectivity index (χ1) is 37.0. The van der Waals surface area contributed by atoms with Gasteiger partial charge in [0.15, 0.2) is 0 Å². The van der Waals surface area contributed by atoms with Gasteiger partial charge in [0, 0.05) is 12.8 Å². The van der Waals surface area contributed by atoms with Crippen LogP contribution in [0.5, 0.6) is 0 Å². The molecule has 2 heteroatoms. The highest BCUT2D eigenvalue weighted by Crippen LogP contribution is 2.60. The Morgan fingerprint density at radius 2 is 0.506 bits per heavy atom. The minimum absolute atomic E-state index is 0. The average molecular weight is 1240 g/mol. The van der Waals surface area contributed by atoms with Crippen molar-refractivity contribution < 1.29 is 8.78 Å². The Bertz CT molecular complexity index is 1410. The van der Waals surface area contributed by atoms with Crippen molar-refractivity contribution in [2.24, 2.45) is 104 Å². The highest BCUT2D eigenvalue weighted by molar-refractivity contribution is 4.99. The molecule has 0 amide bonds. The molecule has 87 heavy (non-hydrogen) atoms. The Kier molecular flexibility index (Phi) is 56.0. The maximum absolute atomic E-state index is 13.7. The van der Waals surface area contributed by atoms with Crippen LogP contribution in [-0.2, 0) is 0 Å². The van der Waals surface area contributed by atoms with E-state index in [0.717, 1.165) is 99.1 Å². The Labute approximate surface area is 558 Å². The minimum Gasteiger partial charge on any atom is -0.207 e. The lowest BCUT2D eigenvalue weighted by Gasteiger charge is -2.26. The minimum atomic E-state index is -2.44. The fraction of sp³-hybridized carbons (Fsp3) is 1.00. The molecule has 6 rings (SSSR count). The summed E-state index contributed by atoms with van der Waals surface area (Å²) >= 11 is 0. The number of hydrogen-bond donors (Lipinski definition) is 0. The van der Waals surface area contributed by atoms with Gasteiger partial charge in [-0.05, 0) is 238 Å². The molecule has 0 atom stereocenters. The van der Waals surface area contributed by atoms with Gasteiger partial charge in [-0.3, -0.25) is 0 Å². The van der Waals surface area contributed by atoms with E-state index in [2.05, 4.69) is 152 Å². The molecular formula is C85H182F2. The van der Waals surface area contributed by atoms with Gasteiger partial charge in [0.1, 0.15) is 0 Å². The Hall–Kier alpha value is -0.140. The maximum atomic E-state index is 13.7. The Morgan fingerprint density at radius 3 is 0.713 bits per heavy atom. The molecule has 6 aliphatic rings. The van der Waals surface area contributed by atoms with Crippen molar-refractivity contribution in [2.75, 3.05) is 0 Å². The Morgan fingerprint density at radius 1 is 0.253 bits per heavy atom. The fourth-order valence-electron chi connectivity index (χ4n) is 13.8. The molecule has 0 radical (unpaired) electrons. The highest BCUT2D eigenvalue weighted by Gasteiger charge is 2.52. The van der Waals surface area contributed by atoms with E-state index in [4.69, 9.17) is 0 Å². The molecule has 6 saturated carbocycles. The molecule has 0 saturated heterocycles. The first kappa shape index (κ1) is 100. The maximum Gasteiger partial charge on any atom is 0.248 e. The SMILES string of the molecule is C.C.C.C.C.C.C.CC(C)CCC(F)(F)CC1(C(C)C)CC1.CC(C)CCC1(CCC(C)C)CC1.CC(C)CCCC1(CC(C)C)CC1.CC(C)CCCC1(CC(C)C)CC1.CC(C)CCCCC1(C(C)C)CC1.CC(C)CCCCC1(C(C)C)CC1. The molecule has 0 aromatic rings. The summed E-state index contributed by atoms with van der Waals surface area (Å²) in [6, 6.07) is 0. The van der Waals surface area contributed by atoms with E-state index in [1.807, 2.05) is 13.8 Å². The molecule has 0 aromatic heterocycles. The van der Waals surface area contributed by atoms with Crippen LogP contribution in [0.3, 0.4) is 0 Å². The summed E-state index contributed by atoms with van der Waals surface area (Å²) in [6.07, 6.45) is 47.3. The lowest BCUT2D eigenvalue weighted by molar-refractivity contribution is -0.0456. The van der Waals surface area contributed by atoms with Gasteiger partial charge in [0.25, 0.3) is 0 Å². The monoisotopic (exact) mass is 1240 g/mol. The second-order valence-electron chi connectivity index (χ2n) is 34.9. The standard InChI is InChI=1S/C13H24F2.5C13H26.7CH4/c1-10(2)5-6-13(14,15)9-12(7-8-12)11(3)4;1-11(2)5-7-13(9-10-13)8-6-12(3)4;2*1-11(2)6-5-7-13(8-9-13)10-12(3)4;2*1-11(2)7-5-6-8-13(9-10-13)12(3)4;;;;;;;/h10-11H,5-9H2,1-4H3;5*11-12H,5-10H2,1-4H3;7*1H4. The molecule has 536 valence electrons. The topological polar surface area (TPSA) is 0 Å². The zero-order valence-corrected chi connectivity index (χ0v) is 59.9. The van der Waals surface area contributed by atoms with E-state index in [1.165, 1.54) is 193 Å². The summed E-state index contributed by atoms with van der Waals surface area (Å²) in [5.74, 6) is 7.39. The summed E-state index contributed by atoms with van der Waals surface area (Å²) < 4.78 is 27.4. The molecule has 0 aromatic carbocycles. The molecule has 0 aliphatic heterocycles. The molecule has 0 N–H and O–H groups in total. The van der Waals surface area contributed by atoms with Crippen LogP contribution in [0, 0.1) is 104 Å². The largest absolute Gasteiger partial charge is 0.248 e. The first-order valence-electron chi connectivity index (χ1n) is 36.4. The van der Waals surface area contributed by atoms with Gasteiger partial charge < -0.3 is 0 Å². The van der Waals surface area contributed by atoms with Crippen LogP contribution in [0.15, 0.2) is 0 Å². The highest BCUT2D eigenvalue weighted by atomic mass is 19.3. The van der Waals surface area contributed by atoms with Gasteiger partial charge >= 0.3 is 0 Å². The molecule has 0 unspecified atom stereocenters. The van der Waals surface area contributed by atoms with Gasteiger partial charge in [0.05, 0.1) is 0 Å². The van der Waals surface area contributed by atoms with Crippen molar-refractivity contribution in [3.8, 4) is 0 Å². The van der Waals surface area contributed by atoms with E-state index in [-0.39, 0.29) is 70.2 Å². The van der Waals surface area contributed by atoms with Crippen molar-refractivity contribution in [2.45, 2.75) is 449 Å². The van der Waals surface area contributed by atoms with Crippen LogP contribution in [0.2, 0.25) is 0 Å². The van der Waals surface area contributed by atoms with Crippen LogP contribution < -0.4 is 0 Å². The van der Waals surface area contributed by atoms with Gasteiger partial charge in [-0.15, -0.1) is 0 Å². The molecule has 6 aliphatic carbocycles. The predicted octanol–water partition coefficient (Wildman–Crippen LogP) is 32.5. The molecule has 0 heterocycles. The predicted molar refractivity (Wildman–Crippen MR) is 406 cm³/mol. The van der Waals surface area contributed by atoms with E-state index in [0.29, 0.717) is 18.3 Å². The van der Waals surface area contributed by atoms with Crippen molar-refractivity contribution >= 4 is 0 Å². The zero-order valence-electron chi connectivity index (χ0n) is 59.9. The van der Waals surface area contributed by atoms with Crippen LogP contribution in [0.4, 0.5) is 8.78 Å². The van der Waals surface area contributed by atoms with Crippen LogP contribution in [0.25, 0.3) is 0 Å². The smallest absolute Gasteiger partial charge is 0.207 e. The number of hydrogen-bond acceptors (Lipinski definition) is 0. The van der Waals surface area contributed by atoms with E-state index in [1.54, 1.807) is 0 Å². The molecule has 0 nitrogen and oxygen atoms in total. The lowest BCUT2D eigenvalue weighted by Crippen LogP contribution is -2.25. The number of unbranched alkanes of at least 4 members (excludes halogenated alkanes) is 2. The van der Waals surface area contributed by atoms with Gasteiger partial charge in [-0.1, -0.05) is 295 Å².